The van der Waals surface area contributed by atoms with Gasteiger partial charge in [0.25, 0.3) is 0 Å². The van der Waals surface area contributed by atoms with Crippen LogP contribution in [0.5, 0.6) is 11.5 Å². The molecule has 0 saturated carbocycles. The fourth-order valence-corrected chi connectivity index (χ4v) is 4.01. The van der Waals surface area contributed by atoms with Crippen molar-refractivity contribution in [2.24, 2.45) is 0 Å². The van der Waals surface area contributed by atoms with Crippen molar-refractivity contribution in [1.29, 1.82) is 0 Å². The Kier molecular flexibility index (Phi) is 8.43. The molecule has 3 rings (SSSR count). The number of allylic oxidation sites excluding steroid dienone is 1. The minimum Gasteiger partial charge on any atom is -0.493 e. The summed E-state index contributed by atoms with van der Waals surface area (Å²) in [7, 11) is 1.57. The van der Waals surface area contributed by atoms with Gasteiger partial charge in [0.15, 0.2) is 11.5 Å². The van der Waals surface area contributed by atoms with Gasteiger partial charge in [-0.25, -0.2) is 9.59 Å². The molecule has 0 radical (unpaired) electrons. The van der Waals surface area contributed by atoms with Crippen molar-refractivity contribution in [1.82, 2.24) is 10.6 Å². The van der Waals surface area contributed by atoms with Crippen LogP contribution in [-0.2, 0) is 21.6 Å². The van der Waals surface area contributed by atoms with Crippen molar-refractivity contribution in [3.05, 3.63) is 70.4 Å². The number of hydrogen-bond donors (Lipinski definition) is 2. The predicted octanol–water partition coefficient (Wildman–Crippen LogP) is 5.54. The fourth-order valence-electron chi connectivity index (χ4n) is 4.01. The minimum absolute atomic E-state index is 0.0936. The van der Waals surface area contributed by atoms with E-state index in [4.69, 9.17) is 14.2 Å². The molecule has 7 heteroatoms. The van der Waals surface area contributed by atoms with Gasteiger partial charge >= 0.3 is 12.0 Å². The summed E-state index contributed by atoms with van der Waals surface area (Å²) < 4.78 is 16.9. The van der Waals surface area contributed by atoms with E-state index in [0.717, 1.165) is 12.0 Å². The van der Waals surface area contributed by atoms with Gasteiger partial charge in [-0.1, -0.05) is 64.4 Å². The summed E-state index contributed by atoms with van der Waals surface area (Å²) in [6.07, 6.45) is 1.34. The lowest BCUT2D eigenvalue weighted by molar-refractivity contribution is -0.139. The number of rotatable bonds is 9. The zero-order valence-electron chi connectivity index (χ0n) is 21.5. The second-order valence-corrected chi connectivity index (χ2v) is 9.54. The zero-order chi connectivity index (χ0) is 25.6. The highest BCUT2D eigenvalue weighted by Crippen LogP contribution is 2.35. The van der Waals surface area contributed by atoms with E-state index in [9.17, 15) is 9.59 Å². The maximum Gasteiger partial charge on any atom is 0.338 e. The van der Waals surface area contributed by atoms with E-state index >= 15 is 0 Å². The zero-order valence-corrected chi connectivity index (χ0v) is 21.5. The molecule has 1 atom stereocenters. The van der Waals surface area contributed by atoms with E-state index < -0.39 is 12.0 Å². The maximum absolute atomic E-state index is 12.8. The summed E-state index contributed by atoms with van der Waals surface area (Å²) in [6, 6.07) is 12.8. The molecule has 0 bridgehead atoms. The van der Waals surface area contributed by atoms with Crippen LogP contribution in [0.2, 0.25) is 0 Å². The molecule has 0 spiro atoms. The smallest absolute Gasteiger partial charge is 0.338 e. The molecular weight excluding hydrogens is 444 g/mol. The fraction of sp³-hybridized carbons (Fsp3) is 0.429. The molecule has 1 unspecified atom stereocenters. The molecule has 1 aliphatic heterocycles. The Hall–Kier alpha value is -3.48. The topological polar surface area (TPSA) is 85.9 Å². The molecule has 1 aliphatic rings. The highest BCUT2D eigenvalue weighted by atomic mass is 16.5. The van der Waals surface area contributed by atoms with Crippen LogP contribution in [0.3, 0.4) is 0 Å². The van der Waals surface area contributed by atoms with Gasteiger partial charge in [-0.15, -0.1) is 0 Å². The van der Waals surface area contributed by atoms with E-state index in [1.165, 1.54) is 5.56 Å². The number of hydrogen-bond acceptors (Lipinski definition) is 5. The van der Waals surface area contributed by atoms with E-state index in [0.29, 0.717) is 41.4 Å². The quantitative estimate of drug-likeness (QED) is 0.460. The molecule has 1 heterocycles. The molecule has 7 nitrogen and oxygen atoms in total. The highest BCUT2D eigenvalue weighted by molar-refractivity contribution is 5.95. The number of carbonyl (C=O) groups is 2. The number of carbonyl (C=O) groups excluding carboxylic acids is 2. The Balaban J connectivity index is 1.86. The number of esters is 1. The number of benzene rings is 2. The van der Waals surface area contributed by atoms with Gasteiger partial charge in [-0.2, -0.15) is 0 Å². The lowest BCUT2D eigenvalue weighted by atomic mass is 9.87. The van der Waals surface area contributed by atoms with Crippen molar-refractivity contribution >= 4 is 12.0 Å². The highest BCUT2D eigenvalue weighted by Gasteiger charge is 2.33. The van der Waals surface area contributed by atoms with E-state index in [1.54, 1.807) is 26.2 Å². The normalized spacial score (nSPS) is 15.8. The van der Waals surface area contributed by atoms with Gasteiger partial charge in [-0.05, 0) is 47.6 Å². The summed E-state index contributed by atoms with van der Waals surface area (Å²) in [4.78, 5) is 25.2. The Morgan fingerprint density at radius 2 is 1.74 bits per heavy atom. The second kappa shape index (κ2) is 11.3. The first kappa shape index (κ1) is 26.1. The Labute approximate surface area is 207 Å². The van der Waals surface area contributed by atoms with Crippen molar-refractivity contribution in [2.45, 2.75) is 65.5 Å². The average molecular weight is 481 g/mol. The first-order valence-electron chi connectivity index (χ1n) is 12.1. The lowest BCUT2D eigenvalue weighted by Gasteiger charge is -2.29. The molecule has 2 N–H and O–H groups in total. The molecule has 35 heavy (non-hydrogen) atoms. The summed E-state index contributed by atoms with van der Waals surface area (Å²) in [6.45, 7) is 10.9. The summed E-state index contributed by atoms with van der Waals surface area (Å²) in [5.41, 5.74) is 4.10. The van der Waals surface area contributed by atoms with E-state index in [2.05, 4.69) is 55.7 Å². The van der Waals surface area contributed by atoms with Crippen LogP contribution in [0.1, 0.15) is 70.2 Å². The lowest BCUT2D eigenvalue weighted by Crippen LogP contribution is -2.46. The van der Waals surface area contributed by atoms with Gasteiger partial charge in [0.1, 0.15) is 6.61 Å². The number of amides is 2. The molecule has 2 aromatic carbocycles. The summed E-state index contributed by atoms with van der Waals surface area (Å²) in [5, 5.41) is 5.62. The van der Waals surface area contributed by atoms with Crippen LogP contribution in [0, 0.1) is 0 Å². The van der Waals surface area contributed by atoms with Crippen molar-refractivity contribution in [3.63, 3.8) is 0 Å². The number of methoxy groups -OCH3 is 1. The summed E-state index contributed by atoms with van der Waals surface area (Å²) >= 11 is 0. The Morgan fingerprint density at radius 3 is 2.34 bits per heavy atom. The van der Waals surface area contributed by atoms with E-state index in [-0.39, 0.29) is 18.1 Å². The van der Waals surface area contributed by atoms with Crippen LogP contribution in [0.25, 0.3) is 0 Å². The van der Waals surface area contributed by atoms with Crippen LogP contribution in [0.4, 0.5) is 4.79 Å². The van der Waals surface area contributed by atoms with Crippen molar-refractivity contribution < 1.29 is 23.8 Å². The van der Waals surface area contributed by atoms with Gasteiger partial charge in [0, 0.05) is 5.70 Å². The van der Waals surface area contributed by atoms with E-state index in [1.807, 2.05) is 13.0 Å². The molecule has 0 aromatic heterocycles. The minimum atomic E-state index is -0.655. The number of urea groups is 1. The SMILES string of the molecule is CCCC1=C(C(=O)OCC)C(c2ccc(OCc3ccc(C(C)(C)C)cc3)c(OC)c2)NC(=O)N1. The van der Waals surface area contributed by atoms with Crippen molar-refractivity contribution in [3.8, 4) is 11.5 Å². The van der Waals surface area contributed by atoms with Crippen LogP contribution in [0.15, 0.2) is 53.7 Å². The van der Waals surface area contributed by atoms with Gasteiger partial charge in [0.05, 0.1) is 25.3 Å². The molecule has 188 valence electrons. The molecule has 2 aromatic rings. The Morgan fingerprint density at radius 1 is 1.03 bits per heavy atom. The first-order chi connectivity index (χ1) is 16.7. The molecular formula is C28H36N2O5. The number of ether oxygens (including phenoxy) is 3. The first-order valence-corrected chi connectivity index (χ1v) is 12.1. The Bertz CT molecular complexity index is 1080. The molecule has 0 fully saturated rings. The van der Waals surface area contributed by atoms with Crippen LogP contribution >= 0.6 is 0 Å². The van der Waals surface area contributed by atoms with Crippen LogP contribution in [-0.4, -0.2) is 25.7 Å². The van der Waals surface area contributed by atoms with Gasteiger partial charge in [-0.3, -0.25) is 0 Å². The third kappa shape index (κ3) is 6.35. The predicted molar refractivity (Wildman–Crippen MR) is 135 cm³/mol. The molecule has 0 saturated heterocycles. The maximum atomic E-state index is 12.8. The monoisotopic (exact) mass is 480 g/mol. The largest absolute Gasteiger partial charge is 0.493 e. The third-order valence-electron chi connectivity index (χ3n) is 5.88. The second-order valence-electron chi connectivity index (χ2n) is 9.54. The van der Waals surface area contributed by atoms with Crippen LogP contribution < -0.4 is 20.1 Å². The molecule has 2 amide bonds. The summed E-state index contributed by atoms with van der Waals surface area (Å²) in [5.74, 6) is 0.639. The molecule has 0 aliphatic carbocycles. The number of nitrogens with one attached hydrogen (secondary N) is 2. The van der Waals surface area contributed by atoms with Crippen molar-refractivity contribution in [2.75, 3.05) is 13.7 Å². The van der Waals surface area contributed by atoms with Gasteiger partial charge < -0.3 is 24.8 Å². The third-order valence-corrected chi connectivity index (χ3v) is 5.88. The standard InChI is InChI=1S/C28H36N2O5/c1-7-9-21-24(26(31)34-8-2)25(30-27(32)29-21)19-12-15-22(23(16-19)33-6)35-17-18-10-13-20(14-11-18)28(3,4)5/h10-16,25H,7-9,17H2,1-6H3,(H2,29,30,32). The average Bonchev–Trinajstić information content (AvgIpc) is 2.82. The van der Waals surface area contributed by atoms with Gasteiger partial charge in [0.2, 0.25) is 0 Å².